The van der Waals surface area contributed by atoms with Gasteiger partial charge < -0.3 is 4.55 Å². The standard InChI is InChI=1S/C36H26S2.C8HF17O3S/c1-3-9-27(10-4-1)28-15-19-31(20-16-28)37-33-23-25-34(26-24-33)38-32-21-17-30(18-22-32)36-14-8-7-13-35(36)29-11-5-2-6-12-29;9-1(10,3(13,14)5(17,18)7(21,22)23)2(11,12)4(15,16)6(19,20)8(24,25)29(26,27)28/h1-26H;(H,26,27,28). The van der Waals surface area contributed by atoms with Gasteiger partial charge in [-0.05, 0) is 94.0 Å². The molecule has 0 N–H and O–H groups in total. The van der Waals surface area contributed by atoms with Gasteiger partial charge in [0.25, 0.3) is 0 Å². The number of halogens is 17. The first kappa shape index (κ1) is 52.7. The Kier molecular flexibility index (Phi) is 15.0. The third kappa shape index (κ3) is 10.1. The summed E-state index contributed by atoms with van der Waals surface area (Å²) in [6.45, 7) is 0. The monoisotopic (exact) mass is 1020 g/mol. The van der Waals surface area contributed by atoms with E-state index in [1.165, 1.54) is 64.7 Å². The van der Waals surface area contributed by atoms with Crippen molar-refractivity contribution in [3.8, 4) is 33.4 Å². The number of hydrogen-bond acceptors (Lipinski definition) is 4. The van der Waals surface area contributed by atoms with Crippen molar-refractivity contribution in [3.63, 3.8) is 0 Å². The van der Waals surface area contributed by atoms with Crippen LogP contribution in [0.1, 0.15) is 0 Å². The van der Waals surface area contributed by atoms with Gasteiger partial charge in [-0.1, -0.05) is 109 Å². The highest BCUT2D eigenvalue weighted by molar-refractivity contribution is 7.99. The summed E-state index contributed by atoms with van der Waals surface area (Å²) < 4.78 is 244. The van der Waals surface area contributed by atoms with E-state index in [4.69, 9.17) is 0 Å². The molecule has 0 radical (unpaired) electrons. The molecule has 0 amide bonds. The van der Waals surface area contributed by atoms with E-state index in [-0.39, 0.29) is 0 Å². The molecule has 0 unspecified atom stereocenters. The predicted octanol–water partition coefficient (Wildman–Crippen LogP) is 14.6. The van der Waals surface area contributed by atoms with Gasteiger partial charge in [-0.3, -0.25) is 0 Å². The molecule has 0 fully saturated rings. The normalized spacial score (nSPS) is 13.5. The van der Waals surface area contributed by atoms with Crippen molar-refractivity contribution in [3.05, 3.63) is 158 Å². The Hall–Kier alpha value is -5.26. The molecule has 23 heteroatoms. The topological polar surface area (TPSA) is 57.2 Å². The minimum atomic E-state index is -8.92. The van der Waals surface area contributed by atoms with Crippen LogP contribution in [0.4, 0.5) is 74.6 Å². The maximum Gasteiger partial charge on any atom is 0.460 e. The van der Waals surface area contributed by atoms with E-state index >= 15 is 0 Å². The minimum Gasteiger partial charge on any atom is -0.743 e. The van der Waals surface area contributed by atoms with Gasteiger partial charge in [0.1, 0.15) is 0 Å². The maximum atomic E-state index is 13.0. The molecule has 0 saturated carbocycles. The van der Waals surface area contributed by atoms with Crippen LogP contribution in [0.15, 0.2) is 177 Å². The SMILES string of the molecule is O=S(=O)([O-])C(F)(F)C(F)(F)C(F)(F)C(F)(F)C(F)(F)C(F)(F)C(F)(F)C(F)(F)F.c1ccc(-c2ccc(Sc3ccc([SH+]c4ccc(-c5ccccc5-c5ccccc5)cc4)cc3)cc2)cc1. The van der Waals surface area contributed by atoms with Crippen molar-refractivity contribution in [2.45, 2.75) is 66.5 Å². The van der Waals surface area contributed by atoms with Crippen LogP contribution >= 0.6 is 11.8 Å². The number of benzene rings is 6. The summed E-state index contributed by atoms with van der Waals surface area (Å²) in [7, 11) is -8.14. The van der Waals surface area contributed by atoms with Gasteiger partial charge in [0.15, 0.2) is 19.9 Å². The Morgan fingerprint density at radius 2 is 0.657 bits per heavy atom. The largest absolute Gasteiger partial charge is 0.743 e. The van der Waals surface area contributed by atoms with Gasteiger partial charge in [-0.25, -0.2) is 8.42 Å². The van der Waals surface area contributed by atoms with Gasteiger partial charge >= 0.3 is 47.0 Å². The quantitative estimate of drug-likeness (QED) is 0.0472. The third-order valence-electron chi connectivity index (χ3n) is 9.49. The molecule has 358 valence electrons. The fourth-order valence-corrected chi connectivity index (χ4v) is 8.00. The van der Waals surface area contributed by atoms with E-state index in [1.807, 2.05) is 0 Å². The van der Waals surface area contributed by atoms with Crippen LogP contribution < -0.4 is 0 Å². The van der Waals surface area contributed by atoms with Crippen molar-refractivity contribution < 1.29 is 87.6 Å². The first-order chi connectivity index (χ1) is 30.8. The summed E-state index contributed by atoms with van der Waals surface area (Å²) in [6, 6.07) is 56.5. The maximum absolute atomic E-state index is 13.0. The number of rotatable bonds is 14. The lowest BCUT2D eigenvalue weighted by Crippen LogP contribution is -2.75. The van der Waals surface area contributed by atoms with Gasteiger partial charge in [-0.15, -0.1) is 0 Å². The minimum absolute atomic E-state index is 1.22. The van der Waals surface area contributed by atoms with Crippen LogP contribution in [0.3, 0.4) is 0 Å². The van der Waals surface area contributed by atoms with Crippen LogP contribution in [0, 0.1) is 0 Å². The van der Waals surface area contributed by atoms with Gasteiger partial charge in [0, 0.05) is 21.6 Å². The zero-order valence-corrected chi connectivity index (χ0v) is 35.5. The fraction of sp³-hybridized carbons (Fsp3) is 0.182. The number of hydrogen-bond donors (Lipinski definition) is 0. The van der Waals surface area contributed by atoms with Gasteiger partial charge in [0.05, 0.1) is 0 Å². The highest BCUT2D eigenvalue weighted by atomic mass is 32.2. The average molecular weight is 1020 g/mol. The molecule has 67 heavy (non-hydrogen) atoms. The molecular weight excluding hydrogens is 996 g/mol. The lowest BCUT2D eigenvalue weighted by molar-refractivity contribution is -0.458. The van der Waals surface area contributed by atoms with E-state index in [1.54, 1.807) is 11.8 Å². The third-order valence-corrected chi connectivity index (χ3v) is 12.5. The Labute approximate surface area is 377 Å². The first-order valence-corrected chi connectivity index (χ1v) is 21.5. The van der Waals surface area contributed by atoms with Crippen LogP contribution in [0.25, 0.3) is 33.4 Å². The highest BCUT2D eigenvalue weighted by Gasteiger charge is 2.95. The molecule has 0 aliphatic rings. The number of thiol groups is 1. The number of alkyl halides is 17. The molecule has 0 aliphatic heterocycles. The predicted molar refractivity (Wildman–Crippen MR) is 215 cm³/mol. The molecule has 6 aromatic carbocycles. The highest BCUT2D eigenvalue weighted by Crippen LogP contribution is 2.64. The molecule has 0 heterocycles. The molecule has 0 aliphatic carbocycles. The van der Waals surface area contributed by atoms with E-state index in [0.29, 0.717) is 0 Å². The Morgan fingerprint density at radius 3 is 1.06 bits per heavy atom. The summed E-state index contributed by atoms with van der Waals surface area (Å²) in [5.41, 5.74) is 7.52. The lowest BCUT2D eigenvalue weighted by Gasteiger charge is -2.42. The molecule has 0 atom stereocenters. The van der Waals surface area contributed by atoms with Crippen molar-refractivity contribution in [2.24, 2.45) is 0 Å². The van der Waals surface area contributed by atoms with Crippen LogP contribution in [0.5, 0.6) is 0 Å². The van der Waals surface area contributed by atoms with Crippen molar-refractivity contribution >= 4 is 33.6 Å². The van der Waals surface area contributed by atoms with Crippen molar-refractivity contribution in [2.75, 3.05) is 0 Å². The van der Waals surface area contributed by atoms with Crippen LogP contribution in [-0.4, -0.2) is 59.9 Å². The summed E-state index contributed by atoms with van der Waals surface area (Å²) in [6.07, 6.45) is -7.89. The molecule has 6 aromatic rings. The molecule has 0 aromatic heterocycles. The summed E-state index contributed by atoms with van der Waals surface area (Å²) in [4.78, 5) is 5.10. The average Bonchev–Trinajstić information content (AvgIpc) is 3.27. The second-order valence-electron chi connectivity index (χ2n) is 14.0. The Bertz CT molecular complexity index is 2720. The van der Waals surface area contributed by atoms with Crippen LogP contribution in [-0.2, 0) is 21.9 Å². The summed E-state index contributed by atoms with van der Waals surface area (Å²) in [5, 5.41) is -7.95. The second kappa shape index (κ2) is 19.0. The van der Waals surface area contributed by atoms with E-state index in [0.717, 1.165) is 0 Å². The fourth-order valence-electron chi connectivity index (χ4n) is 5.85. The summed E-state index contributed by atoms with van der Waals surface area (Å²) in [5.74, 6) is -52.1. The van der Waals surface area contributed by atoms with Crippen molar-refractivity contribution in [1.29, 1.82) is 0 Å². The zero-order valence-electron chi connectivity index (χ0n) is 32.9. The molecule has 0 spiro atoms. The van der Waals surface area contributed by atoms with E-state index in [2.05, 4.69) is 158 Å². The Balaban J connectivity index is 0.000000263. The zero-order chi connectivity index (χ0) is 50.1. The first-order valence-electron chi connectivity index (χ1n) is 18.4. The molecule has 0 saturated heterocycles. The molecule has 3 nitrogen and oxygen atoms in total. The van der Waals surface area contributed by atoms with E-state index < -0.39 is 57.1 Å². The molecule has 6 rings (SSSR count). The molecule has 0 bridgehead atoms. The van der Waals surface area contributed by atoms with Gasteiger partial charge in [0.2, 0.25) is 0 Å². The van der Waals surface area contributed by atoms with E-state index in [9.17, 15) is 87.6 Å². The molecular formula is C44H27F17O3S3. The smallest absolute Gasteiger partial charge is 0.460 e. The summed E-state index contributed by atoms with van der Waals surface area (Å²) >= 11 is 3.02. The second-order valence-corrected chi connectivity index (χ2v) is 17.8. The lowest BCUT2D eigenvalue weighted by atomic mass is 9.91. The Morgan fingerprint density at radius 1 is 0.358 bits per heavy atom. The van der Waals surface area contributed by atoms with Crippen LogP contribution in [0.2, 0.25) is 0 Å². The van der Waals surface area contributed by atoms with Gasteiger partial charge in [-0.2, -0.15) is 74.6 Å². The van der Waals surface area contributed by atoms with Crippen molar-refractivity contribution in [1.82, 2.24) is 0 Å².